The highest BCUT2D eigenvalue weighted by Gasteiger charge is 2.64. The first-order valence-corrected chi connectivity index (χ1v) is 20.5. The number of para-hydroxylation sites is 2. The predicted octanol–water partition coefficient (Wildman–Crippen LogP) is 11.5. The van der Waals surface area contributed by atoms with E-state index in [0.717, 1.165) is 44.9 Å². The lowest BCUT2D eigenvalue weighted by molar-refractivity contribution is -0.714. The van der Waals surface area contributed by atoms with Gasteiger partial charge in [0, 0.05) is 39.7 Å². The van der Waals surface area contributed by atoms with Crippen LogP contribution in [0.15, 0.2) is 176 Å². The van der Waals surface area contributed by atoms with Crippen molar-refractivity contribution in [3.05, 3.63) is 227 Å². The van der Waals surface area contributed by atoms with E-state index in [2.05, 4.69) is 205 Å². The van der Waals surface area contributed by atoms with Crippen LogP contribution in [0.2, 0.25) is 0 Å². The Labute approximate surface area is 342 Å². The Morgan fingerprint density at radius 1 is 0.542 bits per heavy atom. The summed E-state index contributed by atoms with van der Waals surface area (Å²) in [5.74, 6) is 2.41. The van der Waals surface area contributed by atoms with E-state index >= 15 is 0 Å². The molecular formula is C54H38N4O. The van der Waals surface area contributed by atoms with Crippen molar-refractivity contribution in [1.29, 1.82) is 0 Å². The van der Waals surface area contributed by atoms with Crippen molar-refractivity contribution in [3.63, 3.8) is 0 Å². The molecule has 3 aliphatic heterocycles. The zero-order chi connectivity index (χ0) is 39.3. The van der Waals surface area contributed by atoms with Gasteiger partial charge in [0.25, 0.3) is 0 Å². The van der Waals surface area contributed by atoms with Crippen molar-refractivity contribution in [2.24, 2.45) is 0 Å². The number of rotatable bonds is 4. The number of pyridine rings is 1. The van der Waals surface area contributed by atoms with Crippen LogP contribution in [-0.2, 0) is 16.4 Å². The van der Waals surface area contributed by atoms with Gasteiger partial charge in [-0.3, -0.25) is 9.13 Å². The minimum atomic E-state index is -0.592. The predicted molar refractivity (Wildman–Crippen MR) is 233 cm³/mol. The van der Waals surface area contributed by atoms with Crippen LogP contribution in [0.25, 0.3) is 44.3 Å². The Hall–Kier alpha value is -7.24. The minimum absolute atomic E-state index is 0.00591. The van der Waals surface area contributed by atoms with E-state index in [1.54, 1.807) is 0 Å². The van der Waals surface area contributed by atoms with Crippen molar-refractivity contribution in [2.45, 2.75) is 37.1 Å². The second kappa shape index (κ2) is 11.2. The largest absolute Gasteiger partial charge is 0.458 e. The van der Waals surface area contributed by atoms with Gasteiger partial charge >= 0.3 is 0 Å². The van der Waals surface area contributed by atoms with E-state index in [0.29, 0.717) is 0 Å². The number of nitrogens with zero attached hydrogens (tertiary/aromatic N) is 4. The number of ether oxygens (including phenoxy) is 1. The maximum Gasteiger partial charge on any atom is 0.245 e. The van der Waals surface area contributed by atoms with Crippen LogP contribution in [0.5, 0.6) is 11.5 Å². The molecule has 2 bridgehead atoms. The smallest absolute Gasteiger partial charge is 0.245 e. The molecule has 0 fully saturated rings. The summed E-state index contributed by atoms with van der Waals surface area (Å²) < 4.78 is 13.7. The molecule has 0 saturated heterocycles. The van der Waals surface area contributed by atoms with Gasteiger partial charge in [0.1, 0.15) is 17.3 Å². The normalized spacial score (nSPS) is 18.2. The molecule has 5 nitrogen and oxygen atoms in total. The Morgan fingerprint density at radius 2 is 1.14 bits per heavy atom. The third-order valence-electron chi connectivity index (χ3n) is 13.4. The summed E-state index contributed by atoms with van der Waals surface area (Å²) in [7, 11) is 0. The number of aromatic nitrogens is 4. The van der Waals surface area contributed by atoms with Gasteiger partial charge in [0.2, 0.25) is 6.33 Å². The fraction of sp³-hybridized carbons (Fsp3) is 0.111. The molecule has 0 amide bonds. The maximum absolute atomic E-state index is 6.78. The van der Waals surface area contributed by atoms with Crippen LogP contribution in [-0.4, -0.2) is 14.1 Å². The maximum atomic E-state index is 6.78. The molecule has 280 valence electrons. The number of benzene rings is 7. The Bertz CT molecular complexity index is 3310. The van der Waals surface area contributed by atoms with E-state index < -0.39 is 11.0 Å². The van der Waals surface area contributed by atoms with E-state index in [9.17, 15) is 0 Å². The molecule has 0 radical (unpaired) electrons. The molecule has 6 aliphatic rings. The monoisotopic (exact) mass is 758 g/mol. The van der Waals surface area contributed by atoms with Gasteiger partial charge in [-0.05, 0) is 75.7 Å². The van der Waals surface area contributed by atoms with Crippen LogP contribution < -0.4 is 9.30 Å². The SMILES string of the molecule is CC(C)(C)c1ccnc(-n2c3ccccc3c3ccc(Oc4cccc(-n5[c-][n+]6c7c(cccc75)C57c8ccccc8C6(c6ccccc65)c5ccccc57)c4)cc32)c1. The number of fused-ring (bicyclic) bond motifs is 3. The molecular weight excluding hydrogens is 721 g/mol. The van der Waals surface area contributed by atoms with Gasteiger partial charge < -0.3 is 9.30 Å². The molecule has 6 heterocycles. The molecule has 0 N–H and O–H groups in total. The summed E-state index contributed by atoms with van der Waals surface area (Å²) in [5.41, 5.74) is 15.0. The van der Waals surface area contributed by atoms with Gasteiger partial charge in [-0.2, -0.15) is 0 Å². The van der Waals surface area contributed by atoms with E-state index in [1.807, 2.05) is 12.3 Å². The molecule has 0 atom stereocenters. The highest BCUT2D eigenvalue weighted by atomic mass is 16.5. The first-order valence-electron chi connectivity index (χ1n) is 20.5. The Balaban J connectivity index is 0.977. The van der Waals surface area contributed by atoms with Crippen LogP contribution in [0, 0.1) is 6.33 Å². The molecule has 0 saturated carbocycles. The summed E-state index contributed by atoms with van der Waals surface area (Å²) in [6, 6.07) is 61.8. The summed E-state index contributed by atoms with van der Waals surface area (Å²) in [5, 5.41) is 2.34. The lowest BCUT2D eigenvalue weighted by atomic mass is 9.49. The number of imidazole rings is 1. The van der Waals surface area contributed by atoms with E-state index in [4.69, 9.17) is 9.72 Å². The summed E-state index contributed by atoms with van der Waals surface area (Å²) >= 11 is 0. The highest BCUT2D eigenvalue weighted by Crippen LogP contribution is 2.65. The van der Waals surface area contributed by atoms with Gasteiger partial charge in [-0.1, -0.05) is 142 Å². The molecule has 3 aliphatic carbocycles. The first kappa shape index (κ1) is 32.8. The van der Waals surface area contributed by atoms with Crippen LogP contribution in [0.3, 0.4) is 0 Å². The van der Waals surface area contributed by atoms with Gasteiger partial charge in [-0.25, -0.2) is 4.98 Å². The zero-order valence-corrected chi connectivity index (χ0v) is 32.9. The quantitative estimate of drug-likeness (QED) is 0.132. The third-order valence-corrected chi connectivity index (χ3v) is 13.4. The Kier molecular flexibility index (Phi) is 6.25. The second-order valence-electron chi connectivity index (χ2n) is 17.3. The highest BCUT2D eigenvalue weighted by molar-refractivity contribution is 6.09. The number of hydrogen-bond acceptors (Lipinski definition) is 2. The van der Waals surface area contributed by atoms with E-state index in [-0.39, 0.29) is 5.41 Å². The summed E-state index contributed by atoms with van der Waals surface area (Å²) in [6.45, 7) is 6.72. The molecule has 0 spiro atoms. The van der Waals surface area contributed by atoms with Crippen molar-refractivity contribution >= 4 is 32.8 Å². The second-order valence-corrected chi connectivity index (χ2v) is 17.3. The third kappa shape index (κ3) is 4.00. The molecule has 5 heteroatoms. The van der Waals surface area contributed by atoms with Crippen molar-refractivity contribution < 1.29 is 9.30 Å². The van der Waals surface area contributed by atoms with Crippen LogP contribution >= 0.6 is 0 Å². The summed E-state index contributed by atoms with van der Waals surface area (Å²) in [6.07, 6.45) is 5.91. The number of hydrogen-bond donors (Lipinski definition) is 0. The van der Waals surface area contributed by atoms with Crippen LogP contribution in [0.4, 0.5) is 0 Å². The average Bonchev–Trinajstić information content (AvgIpc) is 3.75. The van der Waals surface area contributed by atoms with Gasteiger partial charge in [0.05, 0.1) is 33.2 Å². The van der Waals surface area contributed by atoms with Crippen molar-refractivity contribution in [1.82, 2.24) is 14.1 Å². The van der Waals surface area contributed by atoms with E-state index in [1.165, 1.54) is 55.4 Å². The topological polar surface area (TPSA) is 35.9 Å². The lowest BCUT2D eigenvalue weighted by Gasteiger charge is -2.53. The molecule has 16 rings (SSSR count). The fourth-order valence-electron chi connectivity index (χ4n) is 11.0. The fourth-order valence-corrected chi connectivity index (χ4v) is 11.0. The van der Waals surface area contributed by atoms with Gasteiger partial charge in [0.15, 0.2) is 5.54 Å². The standard InChI is InChI=1S/C54H38N4O/c1-52(2,3)34-28-29-55-50(30-34)58-47-24-11-4-16-38(47)39-27-26-37(32-49(39)58)59-36-15-12-14-35(31-36)56-33-57-51-46(23-13-25-48(51)56)53-40-17-5-8-20-43(40)54(57,44-21-9-6-18-41(44)53)45-22-10-7-19-42(45)53/h4-32H,1-3H3. The van der Waals surface area contributed by atoms with Crippen LogP contribution in [0.1, 0.15) is 65.3 Å². The Morgan fingerprint density at radius 3 is 1.85 bits per heavy atom. The molecule has 7 aromatic carbocycles. The van der Waals surface area contributed by atoms with Gasteiger partial charge in [-0.15, -0.1) is 0 Å². The summed E-state index contributed by atoms with van der Waals surface area (Å²) in [4.78, 5) is 4.88. The first-order chi connectivity index (χ1) is 28.9. The molecule has 10 aromatic rings. The molecule has 59 heavy (non-hydrogen) atoms. The molecule has 0 unspecified atom stereocenters. The minimum Gasteiger partial charge on any atom is -0.458 e. The van der Waals surface area contributed by atoms with Crippen molar-refractivity contribution in [3.8, 4) is 23.0 Å². The average molecular weight is 759 g/mol. The van der Waals surface area contributed by atoms with Crippen molar-refractivity contribution in [2.75, 3.05) is 0 Å². The molecule has 3 aromatic heterocycles. The lowest BCUT2D eigenvalue weighted by Crippen LogP contribution is -2.63. The zero-order valence-electron chi connectivity index (χ0n) is 32.9.